The Labute approximate surface area is 121 Å². The van der Waals surface area contributed by atoms with E-state index in [4.69, 9.17) is 0 Å². The number of hydrogen-bond acceptors (Lipinski definition) is 2. The predicted molar refractivity (Wildman–Crippen MR) is 80.2 cm³/mol. The van der Waals surface area contributed by atoms with Crippen molar-refractivity contribution in [2.24, 2.45) is 0 Å². The summed E-state index contributed by atoms with van der Waals surface area (Å²) >= 11 is 0. The lowest BCUT2D eigenvalue weighted by Gasteiger charge is -2.48. The minimum Gasteiger partial charge on any atom is -0.308 e. The van der Waals surface area contributed by atoms with Crippen molar-refractivity contribution in [2.75, 3.05) is 13.1 Å². The van der Waals surface area contributed by atoms with Crippen LogP contribution in [0.25, 0.3) is 0 Å². The number of halogens is 1. The van der Waals surface area contributed by atoms with Gasteiger partial charge in [-0.3, -0.25) is 4.90 Å². The third kappa shape index (κ3) is 2.61. The van der Waals surface area contributed by atoms with Crippen LogP contribution in [0.4, 0.5) is 4.39 Å². The van der Waals surface area contributed by atoms with E-state index in [1.807, 2.05) is 12.1 Å². The molecule has 1 aliphatic heterocycles. The molecule has 1 saturated carbocycles. The van der Waals surface area contributed by atoms with Gasteiger partial charge in [-0.05, 0) is 44.4 Å². The van der Waals surface area contributed by atoms with E-state index in [1.54, 1.807) is 12.1 Å². The van der Waals surface area contributed by atoms with Gasteiger partial charge >= 0.3 is 0 Å². The first-order chi connectivity index (χ1) is 9.60. The van der Waals surface area contributed by atoms with E-state index in [-0.39, 0.29) is 5.82 Å². The normalized spacial score (nSPS) is 27.9. The zero-order chi connectivity index (χ0) is 14.2. The summed E-state index contributed by atoms with van der Waals surface area (Å²) in [6, 6.07) is 7.88. The lowest BCUT2D eigenvalue weighted by atomic mass is 9.90. The first kappa shape index (κ1) is 14.0. The van der Waals surface area contributed by atoms with Gasteiger partial charge in [0.1, 0.15) is 5.82 Å². The Hall–Kier alpha value is -0.930. The summed E-state index contributed by atoms with van der Waals surface area (Å²) in [6.45, 7) is 6.71. The maximum Gasteiger partial charge on any atom is 0.123 e. The van der Waals surface area contributed by atoms with Gasteiger partial charge in [0.25, 0.3) is 0 Å². The molecule has 110 valence electrons. The van der Waals surface area contributed by atoms with E-state index in [9.17, 15) is 4.39 Å². The Bertz CT molecular complexity index is 451. The third-order valence-corrected chi connectivity index (χ3v) is 5.23. The summed E-state index contributed by atoms with van der Waals surface area (Å²) in [5.41, 5.74) is 1.55. The van der Waals surface area contributed by atoms with Crippen LogP contribution in [-0.2, 0) is 0 Å². The Morgan fingerprint density at radius 3 is 2.55 bits per heavy atom. The molecule has 3 rings (SSSR count). The highest BCUT2D eigenvalue weighted by atomic mass is 19.1. The van der Waals surface area contributed by atoms with E-state index < -0.39 is 0 Å². The maximum atomic E-state index is 13.1. The summed E-state index contributed by atoms with van der Waals surface area (Å²) in [5, 5.41) is 3.79. The van der Waals surface area contributed by atoms with Crippen LogP contribution < -0.4 is 5.32 Å². The van der Waals surface area contributed by atoms with Crippen molar-refractivity contribution in [3.63, 3.8) is 0 Å². The highest BCUT2D eigenvalue weighted by Gasteiger charge is 2.41. The smallest absolute Gasteiger partial charge is 0.123 e. The molecular weight excluding hydrogens is 251 g/mol. The van der Waals surface area contributed by atoms with Crippen molar-refractivity contribution < 1.29 is 4.39 Å². The molecule has 1 saturated heterocycles. The topological polar surface area (TPSA) is 15.3 Å². The van der Waals surface area contributed by atoms with E-state index >= 15 is 0 Å². The second kappa shape index (κ2) is 5.45. The average molecular weight is 276 g/mol. The molecule has 1 aliphatic carbocycles. The first-order valence-electron chi connectivity index (χ1n) is 7.86. The second-order valence-corrected chi connectivity index (χ2v) is 6.62. The van der Waals surface area contributed by atoms with Crippen LogP contribution in [0.15, 0.2) is 24.3 Å². The van der Waals surface area contributed by atoms with Gasteiger partial charge in [0.05, 0.1) is 0 Å². The molecule has 2 unspecified atom stereocenters. The zero-order valence-corrected chi connectivity index (χ0v) is 12.5. The van der Waals surface area contributed by atoms with Crippen molar-refractivity contribution in [3.8, 4) is 0 Å². The molecule has 2 nitrogen and oxygen atoms in total. The molecule has 0 bridgehead atoms. The van der Waals surface area contributed by atoms with Gasteiger partial charge < -0.3 is 5.32 Å². The molecule has 1 spiro atoms. The molecule has 0 amide bonds. The molecular formula is C17H25FN2. The van der Waals surface area contributed by atoms with Crippen molar-refractivity contribution in [1.29, 1.82) is 0 Å². The summed E-state index contributed by atoms with van der Waals surface area (Å²) in [6.07, 6.45) is 5.29. The molecule has 1 aromatic carbocycles. The standard InChI is InChI=1S/C17H25FN2/c1-13-11-19-17(9-3-4-10-17)12-20(13)14(2)15-5-7-16(18)8-6-15/h5-8,13-14,19H,3-4,9-12H2,1-2H3. The SMILES string of the molecule is CC1CNC2(CCCC2)CN1C(C)c1ccc(F)cc1. The number of nitrogens with zero attached hydrogens (tertiary/aromatic N) is 1. The van der Waals surface area contributed by atoms with Crippen molar-refractivity contribution in [1.82, 2.24) is 10.2 Å². The second-order valence-electron chi connectivity index (χ2n) is 6.62. The molecule has 2 fully saturated rings. The van der Waals surface area contributed by atoms with Crippen LogP contribution in [0.5, 0.6) is 0 Å². The largest absolute Gasteiger partial charge is 0.308 e. The summed E-state index contributed by atoms with van der Waals surface area (Å²) < 4.78 is 13.1. The molecule has 3 heteroatoms. The van der Waals surface area contributed by atoms with E-state index in [1.165, 1.54) is 31.2 Å². The van der Waals surface area contributed by atoms with Crippen LogP contribution in [0.2, 0.25) is 0 Å². The lowest BCUT2D eigenvalue weighted by molar-refractivity contribution is 0.0563. The van der Waals surface area contributed by atoms with Crippen LogP contribution >= 0.6 is 0 Å². The van der Waals surface area contributed by atoms with E-state index in [0.717, 1.165) is 13.1 Å². The van der Waals surface area contributed by atoms with Gasteiger partial charge in [-0.2, -0.15) is 0 Å². The predicted octanol–water partition coefficient (Wildman–Crippen LogP) is 3.49. The van der Waals surface area contributed by atoms with Gasteiger partial charge in [-0.1, -0.05) is 25.0 Å². The first-order valence-corrected chi connectivity index (χ1v) is 7.86. The van der Waals surface area contributed by atoms with Gasteiger partial charge in [0, 0.05) is 30.7 Å². The number of hydrogen-bond donors (Lipinski definition) is 1. The van der Waals surface area contributed by atoms with Gasteiger partial charge in [0.15, 0.2) is 0 Å². The number of piperazine rings is 1. The Kier molecular flexibility index (Phi) is 3.83. The highest BCUT2D eigenvalue weighted by Crippen LogP contribution is 2.36. The van der Waals surface area contributed by atoms with Crippen molar-refractivity contribution in [3.05, 3.63) is 35.6 Å². The minimum atomic E-state index is -0.151. The monoisotopic (exact) mass is 276 g/mol. The molecule has 1 N–H and O–H groups in total. The summed E-state index contributed by atoms with van der Waals surface area (Å²) in [7, 11) is 0. The molecule has 2 atom stereocenters. The van der Waals surface area contributed by atoms with E-state index in [2.05, 4.69) is 24.1 Å². The van der Waals surface area contributed by atoms with Crippen LogP contribution in [0.3, 0.4) is 0 Å². The summed E-state index contributed by atoms with van der Waals surface area (Å²) in [4.78, 5) is 2.59. The number of benzene rings is 1. The molecule has 2 aliphatic rings. The third-order valence-electron chi connectivity index (χ3n) is 5.23. The quantitative estimate of drug-likeness (QED) is 0.889. The van der Waals surface area contributed by atoms with E-state index in [0.29, 0.717) is 17.6 Å². The number of rotatable bonds is 2. The minimum absolute atomic E-state index is 0.151. The molecule has 0 radical (unpaired) electrons. The van der Waals surface area contributed by atoms with Crippen molar-refractivity contribution >= 4 is 0 Å². The van der Waals surface area contributed by atoms with Crippen LogP contribution in [0.1, 0.15) is 51.1 Å². The highest BCUT2D eigenvalue weighted by molar-refractivity contribution is 5.20. The summed E-state index contributed by atoms with van der Waals surface area (Å²) in [5.74, 6) is -0.151. The fourth-order valence-corrected chi connectivity index (χ4v) is 3.88. The van der Waals surface area contributed by atoms with Gasteiger partial charge in [-0.15, -0.1) is 0 Å². The van der Waals surface area contributed by atoms with Crippen LogP contribution in [0, 0.1) is 5.82 Å². The Morgan fingerprint density at radius 2 is 1.90 bits per heavy atom. The number of nitrogens with one attached hydrogen (secondary N) is 1. The molecule has 20 heavy (non-hydrogen) atoms. The lowest BCUT2D eigenvalue weighted by Crippen LogP contribution is -2.62. The Balaban J connectivity index is 1.78. The fraction of sp³-hybridized carbons (Fsp3) is 0.647. The fourth-order valence-electron chi connectivity index (χ4n) is 3.88. The van der Waals surface area contributed by atoms with Gasteiger partial charge in [-0.25, -0.2) is 4.39 Å². The zero-order valence-electron chi connectivity index (χ0n) is 12.5. The van der Waals surface area contributed by atoms with Crippen LogP contribution in [-0.4, -0.2) is 29.6 Å². The van der Waals surface area contributed by atoms with Gasteiger partial charge in [0.2, 0.25) is 0 Å². The molecule has 1 aromatic rings. The molecule has 0 aromatic heterocycles. The Morgan fingerprint density at radius 1 is 1.25 bits per heavy atom. The molecule has 1 heterocycles. The van der Waals surface area contributed by atoms with Crippen molar-refractivity contribution in [2.45, 2.75) is 57.2 Å². The maximum absolute atomic E-state index is 13.1. The average Bonchev–Trinajstić information content (AvgIpc) is 2.90.